The van der Waals surface area contributed by atoms with Gasteiger partial charge in [-0.15, -0.1) is 0 Å². The minimum Gasteiger partial charge on any atom is -0.461 e. The number of nitrogens with zero attached hydrogens (tertiary/aromatic N) is 1. The van der Waals surface area contributed by atoms with Gasteiger partial charge in [0.1, 0.15) is 23.4 Å². The van der Waals surface area contributed by atoms with Crippen LogP contribution >= 0.6 is 0 Å². The largest absolute Gasteiger partial charge is 0.461 e. The van der Waals surface area contributed by atoms with Gasteiger partial charge in [-0.25, -0.2) is 4.39 Å². The van der Waals surface area contributed by atoms with Crippen molar-refractivity contribution < 1.29 is 23.1 Å². The number of hydrogen-bond donors (Lipinski definition) is 1. The monoisotopic (exact) mass is 406 g/mol. The van der Waals surface area contributed by atoms with Gasteiger partial charge in [0.15, 0.2) is 6.10 Å². The van der Waals surface area contributed by atoms with Gasteiger partial charge in [0.2, 0.25) is 0 Å². The zero-order chi connectivity index (χ0) is 21.5. The van der Waals surface area contributed by atoms with Gasteiger partial charge in [-0.1, -0.05) is 24.3 Å². The van der Waals surface area contributed by atoms with Crippen LogP contribution in [-0.4, -0.2) is 18.0 Å². The van der Waals surface area contributed by atoms with Crippen LogP contribution < -0.4 is 5.32 Å². The molecule has 0 radical (unpaired) electrons. The molecule has 2 aromatic carbocycles. The number of benzene rings is 2. The zero-order valence-electron chi connectivity index (χ0n) is 16.2. The summed E-state index contributed by atoms with van der Waals surface area (Å²) in [7, 11) is 0. The maximum atomic E-state index is 13.8. The highest BCUT2D eigenvalue weighted by atomic mass is 19.1. The number of hydrogen-bond acceptors (Lipinski definition) is 5. The number of furan rings is 1. The maximum absolute atomic E-state index is 13.8. The average Bonchev–Trinajstić information content (AvgIpc) is 3.21. The summed E-state index contributed by atoms with van der Waals surface area (Å²) in [6.07, 6.45) is -0.787. The number of ether oxygens (including phenoxy) is 1. The van der Waals surface area contributed by atoms with E-state index >= 15 is 0 Å². The van der Waals surface area contributed by atoms with Crippen LogP contribution in [0.3, 0.4) is 0 Å². The summed E-state index contributed by atoms with van der Waals surface area (Å²) in [5.41, 5.74) is 1.01. The molecule has 0 aliphatic carbocycles. The molecule has 1 amide bonds. The van der Waals surface area contributed by atoms with Crippen molar-refractivity contribution in [2.75, 3.05) is 5.32 Å². The lowest BCUT2D eigenvalue weighted by Crippen LogP contribution is -2.30. The Balaban J connectivity index is 1.52. The second kappa shape index (κ2) is 9.52. The van der Waals surface area contributed by atoms with E-state index in [2.05, 4.69) is 5.32 Å². The minimum atomic E-state index is -1.03. The van der Waals surface area contributed by atoms with Crippen LogP contribution in [0.1, 0.15) is 24.7 Å². The van der Waals surface area contributed by atoms with Crippen molar-refractivity contribution in [2.24, 2.45) is 0 Å². The Morgan fingerprint density at radius 3 is 2.63 bits per heavy atom. The predicted octanol–water partition coefficient (Wildman–Crippen LogP) is 4.46. The highest BCUT2D eigenvalue weighted by Crippen LogP contribution is 2.25. The van der Waals surface area contributed by atoms with Crippen molar-refractivity contribution in [3.05, 3.63) is 77.8 Å². The van der Waals surface area contributed by atoms with Crippen LogP contribution in [0.4, 0.5) is 10.1 Å². The maximum Gasteiger partial charge on any atom is 0.307 e. The van der Waals surface area contributed by atoms with Crippen molar-refractivity contribution in [1.82, 2.24) is 0 Å². The summed E-state index contributed by atoms with van der Waals surface area (Å²) in [4.78, 5) is 24.3. The molecule has 0 unspecified atom stereocenters. The number of rotatable bonds is 7. The van der Waals surface area contributed by atoms with E-state index < -0.39 is 23.8 Å². The molecule has 0 aliphatic rings. The molecule has 0 bridgehead atoms. The van der Waals surface area contributed by atoms with Crippen LogP contribution in [0.5, 0.6) is 0 Å². The summed E-state index contributed by atoms with van der Waals surface area (Å²) in [5, 5.41) is 11.6. The smallest absolute Gasteiger partial charge is 0.307 e. The van der Waals surface area contributed by atoms with Crippen molar-refractivity contribution in [2.45, 2.75) is 25.9 Å². The third-order valence-electron chi connectivity index (χ3n) is 4.36. The van der Waals surface area contributed by atoms with Gasteiger partial charge in [0, 0.05) is 6.42 Å². The number of amides is 1. The fraction of sp³-hybridized carbons (Fsp3) is 0.174. The van der Waals surface area contributed by atoms with Crippen LogP contribution in [0, 0.1) is 17.1 Å². The Morgan fingerprint density at radius 1 is 1.13 bits per heavy atom. The number of carbonyl (C=O) groups is 2. The fourth-order valence-corrected chi connectivity index (χ4v) is 2.78. The van der Waals surface area contributed by atoms with Gasteiger partial charge in [-0.2, -0.15) is 5.26 Å². The van der Waals surface area contributed by atoms with Gasteiger partial charge < -0.3 is 14.5 Å². The van der Waals surface area contributed by atoms with Gasteiger partial charge in [-0.05, 0) is 43.3 Å². The Kier molecular flexibility index (Phi) is 6.60. The van der Waals surface area contributed by atoms with Crippen LogP contribution in [0.2, 0.25) is 0 Å². The number of nitriles is 1. The SMILES string of the molecule is C[C@@H](OC(=O)CCc1ccc(-c2ccccc2F)o1)C(=O)Nc1ccccc1C#N. The number of anilines is 1. The first-order valence-electron chi connectivity index (χ1n) is 9.31. The number of halogens is 1. The fourth-order valence-electron chi connectivity index (χ4n) is 2.78. The minimum absolute atomic E-state index is 0.00335. The Labute approximate surface area is 172 Å². The molecular weight excluding hydrogens is 387 g/mol. The number of para-hydroxylation sites is 1. The molecule has 0 saturated carbocycles. The van der Waals surface area contributed by atoms with E-state index in [0.29, 0.717) is 28.3 Å². The lowest BCUT2D eigenvalue weighted by Gasteiger charge is -2.14. The van der Waals surface area contributed by atoms with Crippen molar-refractivity contribution in [1.29, 1.82) is 5.26 Å². The zero-order valence-corrected chi connectivity index (χ0v) is 16.2. The van der Waals surface area contributed by atoms with E-state index in [1.54, 1.807) is 54.6 Å². The first-order valence-corrected chi connectivity index (χ1v) is 9.31. The Morgan fingerprint density at radius 2 is 1.87 bits per heavy atom. The molecule has 0 aliphatic heterocycles. The Hall–Kier alpha value is -3.92. The van der Waals surface area contributed by atoms with E-state index in [1.807, 2.05) is 6.07 Å². The highest BCUT2D eigenvalue weighted by molar-refractivity contribution is 5.96. The lowest BCUT2D eigenvalue weighted by molar-refractivity contribution is -0.153. The third kappa shape index (κ3) is 5.11. The molecule has 7 heteroatoms. The van der Waals surface area contributed by atoms with Crippen molar-refractivity contribution in [3.8, 4) is 17.4 Å². The van der Waals surface area contributed by atoms with Gasteiger partial charge >= 0.3 is 5.97 Å². The standard InChI is InChI=1S/C23H19FN2O4/c1-15(23(28)26-20-9-5-2-6-16(20)14-25)29-22(27)13-11-17-10-12-21(30-17)18-7-3-4-8-19(18)24/h2-10,12,15H,11,13H2,1H3,(H,26,28)/t15-/m1/s1. The van der Waals surface area contributed by atoms with E-state index in [1.165, 1.54) is 13.0 Å². The summed E-state index contributed by atoms with van der Waals surface area (Å²) in [5.74, 6) is -0.623. The van der Waals surface area contributed by atoms with Gasteiger partial charge in [0.25, 0.3) is 5.91 Å². The topological polar surface area (TPSA) is 92.3 Å². The molecule has 1 N–H and O–H groups in total. The third-order valence-corrected chi connectivity index (χ3v) is 4.36. The summed E-state index contributed by atoms with van der Waals surface area (Å²) >= 11 is 0. The molecule has 3 aromatic rings. The van der Waals surface area contributed by atoms with E-state index in [4.69, 9.17) is 14.4 Å². The van der Waals surface area contributed by atoms with Gasteiger partial charge in [-0.3, -0.25) is 9.59 Å². The molecule has 6 nitrogen and oxygen atoms in total. The molecule has 1 aromatic heterocycles. The summed E-state index contributed by atoms with van der Waals surface area (Å²) < 4.78 is 24.6. The van der Waals surface area contributed by atoms with Gasteiger partial charge in [0.05, 0.1) is 23.2 Å². The van der Waals surface area contributed by atoms with E-state index in [9.17, 15) is 14.0 Å². The molecule has 0 spiro atoms. The van der Waals surface area contributed by atoms with Crippen LogP contribution in [0.25, 0.3) is 11.3 Å². The predicted molar refractivity (Wildman–Crippen MR) is 108 cm³/mol. The highest BCUT2D eigenvalue weighted by Gasteiger charge is 2.19. The quantitative estimate of drug-likeness (QED) is 0.585. The van der Waals surface area contributed by atoms with Crippen molar-refractivity contribution in [3.63, 3.8) is 0 Å². The number of nitrogens with one attached hydrogen (secondary N) is 1. The second-order valence-corrected chi connectivity index (χ2v) is 6.52. The molecule has 30 heavy (non-hydrogen) atoms. The molecule has 0 fully saturated rings. The number of aryl methyl sites for hydroxylation is 1. The lowest BCUT2D eigenvalue weighted by atomic mass is 10.1. The number of carbonyl (C=O) groups excluding carboxylic acids is 2. The van der Waals surface area contributed by atoms with E-state index in [0.717, 1.165) is 0 Å². The molecule has 152 valence electrons. The summed E-state index contributed by atoms with van der Waals surface area (Å²) in [6, 6.07) is 18.1. The second-order valence-electron chi connectivity index (χ2n) is 6.52. The van der Waals surface area contributed by atoms with E-state index in [-0.39, 0.29) is 12.8 Å². The molecular formula is C23H19FN2O4. The first-order chi connectivity index (χ1) is 14.5. The van der Waals surface area contributed by atoms with Crippen LogP contribution in [-0.2, 0) is 20.7 Å². The average molecular weight is 406 g/mol. The van der Waals surface area contributed by atoms with Crippen LogP contribution in [0.15, 0.2) is 65.1 Å². The Bertz CT molecular complexity index is 1100. The molecule has 1 heterocycles. The summed E-state index contributed by atoms with van der Waals surface area (Å²) in [6.45, 7) is 1.45. The molecule has 3 rings (SSSR count). The molecule has 0 saturated heterocycles. The normalized spacial score (nSPS) is 11.4. The first kappa shape index (κ1) is 20.8. The number of esters is 1. The molecule has 1 atom stereocenters. The van der Waals surface area contributed by atoms with Crippen molar-refractivity contribution >= 4 is 17.6 Å².